The zero-order chi connectivity index (χ0) is 13.1. The van der Waals surface area contributed by atoms with Crippen LogP contribution in [0.5, 0.6) is 0 Å². The zero-order valence-corrected chi connectivity index (χ0v) is 12.5. The van der Waals surface area contributed by atoms with E-state index < -0.39 is 0 Å². The standard InChI is InChI=1S/C18H19N.ClH/c1-14-13-16-9-5-6-10-17(16)18(19-14)12-11-15-7-3-2-4-8-15;/h2-10,14H,11-13H2,1H3;1H/p-1. The van der Waals surface area contributed by atoms with Gasteiger partial charge in [0.1, 0.15) is 0 Å². The molecule has 0 bridgehead atoms. The first kappa shape index (κ1) is 14.8. The summed E-state index contributed by atoms with van der Waals surface area (Å²) in [6.07, 6.45) is 3.18. The van der Waals surface area contributed by atoms with Crippen LogP contribution < -0.4 is 12.4 Å². The number of aryl methyl sites for hydroxylation is 1. The molecule has 0 N–H and O–H groups in total. The fourth-order valence-corrected chi connectivity index (χ4v) is 2.79. The van der Waals surface area contributed by atoms with Crippen molar-refractivity contribution in [1.29, 1.82) is 0 Å². The van der Waals surface area contributed by atoms with Gasteiger partial charge >= 0.3 is 0 Å². The number of nitrogens with zero attached hydrogens (tertiary/aromatic N) is 1. The lowest BCUT2D eigenvalue weighted by Gasteiger charge is -2.21. The molecule has 1 aliphatic heterocycles. The minimum atomic E-state index is 0. The van der Waals surface area contributed by atoms with Crippen molar-refractivity contribution in [2.24, 2.45) is 4.99 Å². The minimum absolute atomic E-state index is 0. The van der Waals surface area contributed by atoms with Gasteiger partial charge < -0.3 is 12.4 Å². The summed E-state index contributed by atoms with van der Waals surface area (Å²) in [5.74, 6) is 0. The molecule has 1 nitrogen and oxygen atoms in total. The predicted octanol–water partition coefficient (Wildman–Crippen LogP) is 1.06. The first-order chi connectivity index (χ1) is 9.33. The van der Waals surface area contributed by atoms with Gasteiger partial charge in [-0.05, 0) is 42.9 Å². The lowest BCUT2D eigenvalue weighted by Crippen LogP contribution is -3.00. The second kappa shape index (κ2) is 6.71. The molecule has 1 heterocycles. The summed E-state index contributed by atoms with van der Waals surface area (Å²) >= 11 is 0. The van der Waals surface area contributed by atoms with Crippen molar-refractivity contribution >= 4 is 5.71 Å². The Morgan fingerprint density at radius 2 is 1.65 bits per heavy atom. The topological polar surface area (TPSA) is 12.4 Å². The second-order valence-electron chi connectivity index (χ2n) is 5.27. The quantitative estimate of drug-likeness (QED) is 0.799. The van der Waals surface area contributed by atoms with Crippen molar-refractivity contribution in [2.45, 2.75) is 32.2 Å². The Hall–Kier alpha value is -1.60. The van der Waals surface area contributed by atoms with E-state index in [0.717, 1.165) is 19.3 Å². The summed E-state index contributed by atoms with van der Waals surface area (Å²) in [5.41, 5.74) is 5.48. The number of rotatable bonds is 3. The first-order valence-corrected chi connectivity index (χ1v) is 7.02. The predicted molar refractivity (Wildman–Crippen MR) is 80.9 cm³/mol. The van der Waals surface area contributed by atoms with E-state index in [1.165, 1.54) is 22.4 Å². The van der Waals surface area contributed by atoms with Crippen molar-refractivity contribution in [3.05, 3.63) is 71.3 Å². The summed E-state index contributed by atoms with van der Waals surface area (Å²) in [5, 5.41) is 0. The van der Waals surface area contributed by atoms with Crippen LogP contribution in [-0.2, 0) is 12.8 Å². The van der Waals surface area contributed by atoms with E-state index in [-0.39, 0.29) is 12.4 Å². The van der Waals surface area contributed by atoms with Crippen molar-refractivity contribution in [3.8, 4) is 0 Å². The van der Waals surface area contributed by atoms with E-state index >= 15 is 0 Å². The lowest BCUT2D eigenvalue weighted by atomic mass is 9.91. The van der Waals surface area contributed by atoms with Crippen molar-refractivity contribution in [1.82, 2.24) is 0 Å². The normalized spacial score (nSPS) is 16.9. The highest BCUT2D eigenvalue weighted by molar-refractivity contribution is 6.02. The van der Waals surface area contributed by atoms with Crippen LogP contribution in [0, 0.1) is 0 Å². The molecule has 0 aliphatic carbocycles. The summed E-state index contributed by atoms with van der Waals surface area (Å²) in [6.45, 7) is 2.21. The van der Waals surface area contributed by atoms with Gasteiger partial charge in [-0.1, -0.05) is 54.6 Å². The fourth-order valence-electron chi connectivity index (χ4n) is 2.79. The van der Waals surface area contributed by atoms with Gasteiger partial charge in [0.05, 0.1) is 6.04 Å². The monoisotopic (exact) mass is 284 g/mol. The number of hydrogen-bond donors (Lipinski definition) is 0. The van der Waals surface area contributed by atoms with Gasteiger partial charge in [0.15, 0.2) is 0 Å². The highest BCUT2D eigenvalue weighted by atomic mass is 35.5. The van der Waals surface area contributed by atoms with Crippen LogP contribution >= 0.6 is 0 Å². The Bertz CT molecular complexity index is 589. The Kier molecular flexibility index (Phi) is 4.97. The maximum Gasteiger partial charge on any atom is 0.0515 e. The third-order valence-corrected chi connectivity index (χ3v) is 3.71. The number of aliphatic imine (C=N–C) groups is 1. The smallest absolute Gasteiger partial charge is 0.0515 e. The third-order valence-electron chi connectivity index (χ3n) is 3.71. The third kappa shape index (κ3) is 3.29. The molecule has 0 spiro atoms. The largest absolute Gasteiger partial charge is 1.00 e. The van der Waals surface area contributed by atoms with Gasteiger partial charge in [-0.15, -0.1) is 0 Å². The molecular weight excluding hydrogens is 266 g/mol. The summed E-state index contributed by atoms with van der Waals surface area (Å²) in [6, 6.07) is 19.8. The Morgan fingerprint density at radius 1 is 0.950 bits per heavy atom. The Balaban J connectivity index is 0.00000147. The van der Waals surface area contributed by atoms with Crippen LogP contribution in [0.3, 0.4) is 0 Å². The number of halogens is 1. The van der Waals surface area contributed by atoms with Crippen molar-refractivity contribution in [2.75, 3.05) is 0 Å². The van der Waals surface area contributed by atoms with Crippen LogP contribution in [-0.4, -0.2) is 11.8 Å². The van der Waals surface area contributed by atoms with Crippen LogP contribution in [0.1, 0.15) is 30.0 Å². The lowest BCUT2D eigenvalue weighted by molar-refractivity contribution is -0.00000401. The molecule has 0 fully saturated rings. The van der Waals surface area contributed by atoms with Crippen LogP contribution in [0.4, 0.5) is 0 Å². The van der Waals surface area contributed by atoms with E-state index in [2.05, 4.69) is 61.5 Å². The fraction of sp³-hybridized carbons (Fsp3) is 0.278. The summed E-state index contributed by atoms with van der Waals surface area (Å²) in [7, 11) is 0. The van der Waals surface area contributed by atoms with E-state index in [9.17, 15) is 0 Å². The van der Waals surface area contributed by atoms with Gasteiger partial charge in [-0.2, -0.15) is 0 Å². The van der Waals surface area contributed by atoms with E-state index in [1.54, 1.807) is 0 Å². The van der Waals surface area contributed by atoms with E-state index in [4.69, 9.17) is 4.99 Å². The molecule has 1 unspecified atom stereocenters. The van der Waals surface area contributed by atoms with Gasteiger partial charge in [-0.25, -0.2) is 0 Å². The Labute approximate surface area is 127 Å². The van der Waals surface area contributed by atoms with Crippen LogP contribution in [0.2, 0.25) is 0 Å². The maximum atomic E-state index is 4.86. The zero-order valence-electron chi connectivity index (χ0n) is 11.7. The van der Waals surface area contributed by atoms with Gasteiger partial charge in [0.25, 0.3) is 0 Å². The maximum absolute atomic E-state index is 4.86. The van der Waals surface area contributed by atoms with E-state index in [0.29, 0.717) is 6.04 Å². The molecule has 0 saturated heterocycles. The van der Waals surface area contributed by atoms with E-state index in [1.807, 2.05) is 0 Å². The summed E-state index contributed by atoms with van der Waals surface area (Å²) < 4.78 is 0. The van der Waals surface area contributed by atoms with Gasteiger partial charge in [0, 0.05) is 5.71 Å². The minimum Gasteiger partial charge on any atom is -1.00 e. The van der Waals surface area contributed by atoms with Crippen molar-refractivity contribution in [3.63, 3.8) is 0 Å². The Morgan fingerprint density at radius 3 is 2.45 bits per heavy atom. The molecular formula is C18H19ClN-. The average molecular weight is 285 g/mol. The molecule has 0 saturated carbocycles. The molecule has 3 rings (SSSR count). The number of fused-ring (bicyclic) bond motifs is 1. The SMILES string of the molecule is CC1Cc2ccccc2C(CCc2ccccc2)=N1.[Cl-]. The molecule has 0 aromatic heterocycles. The second-order valence-corrected chi connectivity index (χ2v) is 5.27. The highest BCUT2D eigenvalue weighted by Gasteiger charge is 2.17. The summed E-state index contributed by atoms with van der Waals surface area (Å²) in [4.78, 5) is 4.86. The number of hydrogen-bond acceptors (Lipinski definition) is 1. The highest BCUT2D eigenvalue weighted by Crippen LogP contribution is 2.22. The van der Waals surface area contributed by atoms with Crippen molar-refractivity contribution < 1.29 is 12.4 Å². The number of benzene rings is 2. The van der Waals surface area contributed by atoms with Crippen LogP contribution in [0.15, 0.2) is 59.6 Å². The molecule has 104 valence electrons. The molecule has 0 radical (unpaired) electrons. The molecule has 2 aromatic rings. The van der Waals surface area contributed by atoms with Gasteiger partial charge in [0.2, 0.25) is 0 Å². The van der Waals surface area contributed by atoms with Crippen LogP contribution in [0.25, 0.3) is 0 Å². The molecule has 2 heteroatoms. The molecule has 2 aromatic carbocycles. The molecule has 20 heavy (non-hydrogen) atoms. The average Bonchev–Trinajstić information content (AvgIpc) is 2.45. The molecule has 1 aliphatic rings. The first-order valence-electron chi connectivity index (χ1n) is 7.02. The molecule has 1 atom stereocenters. The molecule has 0 amide bonds. The van der Waals surface area contributed by atoms with Gasteiger partial charge in [-0.3, -0.25) is 4.99 Å².